The number of fused-ring (bicyclic) bond motifs is 4. The van der Waals surface area contributed by atoms with Crippen molar-refractivity contribution in [2.75, 3.05) is 31.1 Å². The van der Waals surface area contributed by atoms with Crippen molar-refractivity contribution in [3.8, 4) is 0 Å². The normalized spacial score (nSPS) is 31.3. The molecule has 2 heterocycles. The van der Waals surface area contributed by atoms with Crippen molar-refractivity contribution in [3.63, 3.8) is 0 Å². The van der Waals surface area contributed by atoms with Gasteiger partial charge in [0.1, 0.15) is 5.60 Å². The Labute approximate surface area is 270 Å². The molecule has 2 unspecified atom stereocenters. The van der Waals surface area contributed by atoms with Crippen molar-refractivity contribution < 1.29 is 36.6 Å². The second-order valence-electron chi connectivity index (χ2n) is 14.1. The molecule has 2 aromatic rings. The van der Waals surface area contributed by atoms with Gasteiger partial charge in [-0.1, -0.05) is 24.6 Å². The van der Waals surface area contributed by atoms with E-state index in [4.69, 9.17) is 0 Å². The molecule has 1 N–H and O–H groups in total. The van der Waals surface area contributed by atoms with Crippen LogP contribution in [0.4, 0.5) is 27.6 Å². The molecule has 1 aromatic carbocycles. The predicted octanol–water partition coefficient (Wildman–Crippen LogP) is 6.87. The molecule has 4 aliphatic carbocycles. The van der Waals surface area contributed by atoms with Gasteiger partial charge in [-0.2, -0.15) is 22.0 Å². The molecule has 0 bridgehead atoms. The number of hydrogen-bond donors (Lipinski definition) is 1. The van der Waals surface area contributed by atoms with Gasteiger partial charge >= 0.3 is 12.1 Å². The fourth-order valence-electron chi connectivity index (χ4n) is 9.48. The molecule has 3 fully saturated rings. The predicted molar refractivity (Wildman–Crippen MR) is 165 cm³/mol. The number of rotatable bonds is 4. The summed E-state index contributed by atoms with van der Waals surface area (Å²) in [5, 5.41) is 11.5. The van der Waals surface area contributed by atoms with E-state index in [2.05, 4.69) is 9.88 Å². The van der Waals surface area contributed by atoms with E-state index in [0.717, 1.165) is 22.4 Å². The number of anilines is 1. The van der Waals surface area contributed by atoms with Crippen LogP contribution < -0.4 is 4.90 Å². The van der Waals surface area contributed by atoms with Gasteiger partial charge in [0.2, 0.25) is 0 Å². The van der Waals surface area contributed by atoms with Gasteiger partial charge in [-0.25, -0.2) is 0 Å². The Morgan fingerprint density at radius 1 is 0.936 bits per heavy atom. The summed E-state index contributed by atoms with van der Waals surface area (Å²) in [6.07, 6.45) is 0.430. The molecule has 6 nitrogen and oxygen atoms in total. The van der Waals surface area contributed by atoms with Crippen molar-refractivity contribution in [1.29, 1.82) is 0 Å². The number of piperazine rings is 1. The van der Waals surface area contributed by atoms with Gasteiger partial charge in [0, 0.05) is 67.6 Å². The minimum Gasteiger partial charge on any atom is -0.383 e. The first kappa shape index (κ1) is 32.0. The fourth-order valence-corrected chi connectivity index (χ4v) is 9.48. The van der Waals surface area contributed by atoms with Crippen molar-refractivity contribution >= 4 is 17.4 Å². The first-order chi connectivity index (χ1) is 22.2. The summed E-state index contributed by atoms with van der Waals surface area (Å²) in [6.45, 7) is 3.81. The van der Waals surface area contributed by atoms with Crippen molar-refractivity contribution in [1.82, 2.24) is 9.88 Å². The van der Waals surface area contributed by atoms with Crippen LogP contribution in [0, 0.1) is 17.3 Å². The van der Waals surface area contributed by atoms with Gasteiger partial charge in [-0.05, 0) is 97.4 Å². The van der Waals surface area contributed by atoms with Crippen LogP contribution in [0.3, 0.4) is 0 Å². The van der Waals surface area contributed by atoms with Crippen LogP contribution in [0.1, 0.15) is 73.7 Å². The molecule has 1 aromatic heterocycles. The SMILES string of the molecule is CC12C[C@H](c3ccc(C(=O)N4CCN(c5ccncc5)CC4)cc3)C3=C4CCC(=O)C=C4CCC3[C@@H]1CC[C@@]2(O)C(F)(F)C(F)(F)F. The minimum absolute atomic E-state index is 0.0320. The Balaban J connectivity index is 1.21. The molecular formula is C36H38F5N3O3. The van der Waals surface area contributed by atoms with Crippen molar-refractivity contribution in [2.45, 2.75) is 75.5 Å². The number of aliphatic hydroxyl groups is 1. The summed E-state index contributed by atoms with van der Waals surface area (Å²) in [5.41, 5.74) is 0.172. The van der Waals surface area contributed by atoms with Crippen LogP contribution in [0.25, 0.3) is 0 Å². The summed E-state index contributed by atoms with van der Waals surface area (Å²) in [4.78, 5) is 33.8. The summed E-state index contributed by atoms with van der Waals surface area (Å²) >= 11 is 0. The van der Waals surface area contributed by atoms with Crippen LogP contribution in [0.2, 0.25) is 0 Å². The van der Waals surface area contributed by atoms with Crippen molar-refractivity contribution in [2.24, 2.45) is 17.3 Å². The third-order valence-electron chi connectivity index (χ3n) is 11.9. The highest BCUT2D eigenvalue weighted by molar-refractivity contribution is 5.94. The number of pyridine rings is 1. The number of alkyl halides is 5. The third kappa shape index (κ3) is 4.94. The molecule has 2 saturated carbocycles. The summed E-state index contributed by atoms with van der Waals surface area (Å²) in [6, 6.07) is 10.8. The Kier molecular flexibility index (Phi) is 7.65. The Morgan fingerprint density at radius 3 is 2.28 bits per heavy atom. The molecule has 0 radical (unpaired) electrons. The second kappa shape index (κ2) is 11.2. The van der Waals surface area contributed by atoms with E-state index < -0.39 is 41.4 Å². The molecule has 7 rings (SSSR count). The zero-order chi connectivity index (χ0) is 33.4. The lowest BCUT2D eigenvalue weighted by Gasteiger charge is -2.56. The Morgan fingerprint density at radius 2 is 1.62 bits per heavy atom. The van der Waals surface area contributed by atoms with Gasteiger partial charge < -0.3 is 14.9 Å². The molecule has 250 valence electrons. The summed E-state index contributed by atoms with van der Waals surface area (Å²) < 4.78 is 72.1. The van der Waals surface area contributed by atoms with Crippen LogP contribution in [0.5, 0.6) is 0 Å². The number of carbonyl (C=O) groups excluding carboxylic acids is 2. The van der Waals surface area contributed by atoms with Crippen LogP contribution >= 0.6 is 0 Å². The monoisotopic (exact) mass is 655 g/mol. The molecule has 5 atom stereocenters. The third-order valence-corrected chi connectivity index (χ3v) is 11.9. The molecule has 1 aliphatic heterocycles. The number of aromatic nitrogens is 1. The molecule has 1 amide bonds. The van der Waals surface area contributed by atoms with Gasteiger partial charge in [0.05, 0.1) is 0 Å². The van der Waals surface area contributed by atoms with Crippen LogP contribution in [-0.2, 0) is 4.79 Å². The van der Waals surface area contributed by atoms with Gasteiger partial charge in [-0.15, -0.1) is 0 Å². The average Bonchev–Trinajstić information content (AvgIpc) is 3.35. The highest BCUT2D eigenvalue weighted by Gasteiger charge is 2.79. The number of carbonyl (C=O) groups is 2. The zero-order valence-electron chi connectivity index (χ0n) is 26.2. The number of halogens is 5. The standard InChI is InChI=1S/C36H38F5N3O3/c1-33-21-29(22-2-4-23(5-3-22)32(46)44-18-16-43(17-19-44)25-11-14-42-15-12-25)31-27-9-7-26(45)20-24(27)6-8-28(31)30(33)10-13-34(33,47)35(37,38)36(39,40)41/h2-5,11-12,14-15,20,28-30,47H,6-10,13,16-19,21H2,1H3/t28?,29-,30+,33?,34+/m1/s1. The van der Waals surface area contributed by atoms with Gasteiger partial charge in [0.15, 0.2) is 5.78 Å². The number of nitrogens with zero attached hydrogens (tertiary/aromatic N) is 3. The quantitative estimate of drug-likeness (QED) is 0.364. The Bertz CT molecular complexity index is 1630. The van der Waals surface area contributed by atoms with E-state index in [1.165, 1.54) is 6.92 Å². The van der Waals surface area contributed by atoms with Gasteiger partial charge in [0.25, 0.3) is 5.91 Å². The maximum atomic E-state index is 15.3. The first-order valence-corrected chi connectivity index (χ1v) is 16.4. The minimum atomic E-state index is -5.90. The number of ketones is 1. The number of allylic oxidation sites excluding steroid dienone is 4. The topological polar surface area (TPSA) is 73.7 Å². The highest BCUT2D eigenvalue weighted by Crippen LogP contribution is 2.70. The molecule has 1 saturated heterocycles. The molecule has 47 heavy (non-hydrogen) atoms. The smallest absolute Gasteiger partial charge is 0.383 e. The zero-order valence-corrected chi connectivity index (χ0v) is 26.2. The Hall–Kier alpha value is -3.60. The van der Waals surface area contributed by atoms with Crippen LogP contribution in [-0.4, -0.2) is 70.6 Å². The number of benzene rings is 1. The fraction of sp³-hybridized carbons (Fsp3) is 0.528. The summed E-state index contributed by atoms with van der Waals surface area (Å²) in [7, 11) is 0. The lowest BCUT2D eigenvalue weighted by Crippen LogP contribution is -2.65. The second-order valence-corrected chi connectivity index (χ2v) is 14.1. The highest BCUT2D eigenvalue weighted by atomic mass is 19.4. The van der Waals surface area contributed by atoms with E-state index in [-0.39, 0.29) is 30.4 Å². The van der Waals surface area contributed by atoms with E-state index >= 15 is 8.78 Å². The lowest BCUT2D eigenvalue weighted by molar-refractivity contribution is -0.362. The van der Waals surface area contributed by atoms with E-state index in [1.807, 2.05) is 12.1 Å². The van der Waals surface area contributed by atoms with Crippen LogP contribution in [0.15, 0.2) is 71.6 Å². The number of hydrogen-bond acceptors (Lipinski definition) is 5. The molecule has 0 spiro atoms. The van der Waals surface area contributed by atoms with E-state index in [9.17, 15) is 27.9 Å². The maximum absolute atomic E-state index is 15.3. The average molecular weight is 656 g/mol. The summed E-state index contributed by atoms with van der Waals surface area (Å²) in [5.74, 6) is -6.79. The molecule has 5 aliphatic rings. The van der Waals surface area contributed by atoms with E-state index in [1.54, 1.807) is 47.6 Å². The largest absolute Gasteiger partial charge is 0.456 e. The van der Waals surface area contributed by atoms with Gasteiger partial charge in [-0.3, -0.25) is 14.6 Å². The molecule has 11 heteroatoms. The van der Waals surface area contributed by atoms with Crippen molar-refractivity contribution in [3.05, 3.63) is 82.7 Å². The maximum Gasteiger partial charge on any atom is 0.456 e. The first-order valence-electron chi connectivity index (χ1n) is 16.4. The number of amides is 1. The lowest BCUT2D eigenvalue weighted by atomic mass is 9.50. The van der Waals surface area contributed by atoms with E-state index in [0.29, 0.717) is 63.0 Å². The molecular weight excluding hydrogens is 617 g/mol.